The Labute approximate surface area is 111 Å². The minimum Gasteiger partial charge on any atom is -0.388 e. The molecule has 2 aromatic rings. The Kier molecular flexibility index (Phi) is 4.00. The van der Waals surface area contributed by atoms with Crippen LogP contribution in [0.5, 0.6) is 0 Å². The maximum absolute atomic E-state index is 13.0. The molecule has 94 valence electrons. The number of hydrogen-bond donors (Lipinski definition) is 1. The molecule has 0 spiro atoms. The van der Waals surface area contributed by atoms with E-state index < -0.39 is 6.10 Å². The van der Waals surface area contributed by atoms with E-state index in [0.29, 0.717) is 11.4 Å². The van der Waals surface area contributed by atoms with Crippen LogP contribution in [0.1, 0.15) is 22.8 Å². The third kappa shape index (κ3) is 3.09. The third-order valence-electron chi connectivity index (χ3n) is 2.93. The summed E-state index contributed by atoms with van der Waals surface area (Å²) in [6, 6.07) is 11.8. The molecule has 0 saturated heterocycles. The molecule has 0 aliphatic carbocycles. The summed E-state index contributed by atoms with van der Waals surface area (Å²) in [7, 11) is 0. The van der Waals surface area contributed by atoms with Gasteiger partial charge in [0.05, 0.1) is 6.10 Å². The average molecular weight is 265 g/mol. The van der Waals surface area contributed by atoms with E-state index in [0.717, 1.165) is 16.7 Å². The van der Waals surface area contributed by atoms with Gasteiger partial charge in [-0.25, -0.2) is 4.39 Å². The largest absolute Gasteiger partial charge is 0.388 e. The summed E-state index contributed by atoms with van der Waals surface area (Å²) in [5, 5.41) is 10.8. The van der Waals surface area contributed by atoms with Crippen LogP contribution in [0.3, 0.4) is 0 Å². The molecule has 18 heavy (non-hydrogen) atoms. The number of aliphatic hydroxyl groups excluding tert-OH is 1. The van der Waals surface area contributed by atoms with Gasteiger partial charge in [0, 0.05) is 11.4 Å². The van der Waals surface area contributed by atoms with Crippen molar-refractivity contribution in [1.82, 2.24) is 0 Å². The van der Waals surface area contributed by atoms with Crippen LogP contribution >= 0.6 is 11.6 Å². The first-order valence-corrected chi connectivity index (χ1v) is 6.12. The van der Waals surface area contributed by atoms with Crippen molar-refractivity contribution < 1.29 is 9.50 Å². The summed E-state index contributed by atoms with van der Waals surface area (Å²) in [5.41, 5.74) is 2.51. The Morgan fingerprint density at radius 2 is 1.83 bits per heavy atom. The molecule has 2 aromatic carbocycles. The lowest BCUT2D eigenvalue weighted by atomic mass is 9.98. The second kappa shape index (κ2) is 5.51. The number of aryl methyl sites for hydroxylation is 1. The van der Waals surface area contributed by atoms with Crippen molar-refractivity contribution >= 4 is 11.6 Å². The maximum Gasteiger partial charge on any atom is 0.123 e. The highest BCUT2D eigenvalue weighted by Gasteiger charge is 2.11. The van der Waals surface area contributed by atoms with Crippen LogP contribution in [0.2, 0.25) is 5.02 Å². The molecule has 0 amide bonds. The smallest absolute Gasteiger partial charge is 0.123 e. The Balaban J connectivity index is 2.16. The van der Waals surface area contributed by atoms with Crippen LogP contribution in [0.15, 0.2) is 42.5 Å². The standard InChI is InChI=1S/C15H14ClFO/c1-10-8-13(17)6-7-14(10)15(18)9-11-2-4-12(16)5-3-11/h2-8,15,18H,9H2,1H3. The first-order valence-electron chi connectivity index (χ1n) is 5.75. The first-order chi connectivity index (χ1) is 8.56. The van der Waals surface area contributed by atoms with E-state index in [4.69, 9.17) is 11.6 Å². The van der Waals surface area contributed by atoms with E-state index in [9.17, 15) is 9.50 Å². The predicted molar refractivity (Wildman–Crippen MR) is 71.3 cm³/mol. The lowest BCUT2D eigenvalue weighted by molar-refractivity contribution is 0.177. The van der Waals surface area contributed by atoms with Crippen LogP contribution in [0.25, 0.3) is 0 Å². The third-order valence-corrected chi connectivity index (χ3v) is 3.19. The molecule has 0 radical (unpaired) electrons. The predicted octanol–water partition coefficient (Wildman–Crippen LogP) is 4.06. The number of halogens is 2. The first kappa shape index (κ1) is 13.1. The molecule has 3 heteroatoms. The second-order valence-corrected chi connectivity index (χ2v) is 4.78. The normalized spacial score (nSPS) is 12.4. The van der Waals surface area contributed by atoms with Crippen molar-refractivity contribution in [2.24, 2.45) is 0 Å². The molecular formula is C15H14ClFO. The number of hydrogen-bond acceptors (Lipinski definition) is 1. The van der Waals surface area contributed by atoms with Crippen molar-refractivity contribution in [2.45, 2.75) is 19.4 Å². The SMILES string of the molecule is Cc1cc(F)ccc1C(O)Cc1ccc(Cl)cc1. The fraction of sp³-hybridized carbons (Fsp3) is 0.200. The van der Waals surface area contributed by atoms with E-state index >= 15 is 0 Å². The van der Waals surface area contributed by atoms with Gasteiger partial charge in [-0.2, -0.15) is 0 Å². The van der Waals surface area contributed by atoms with Gasteiger partial charge < -0.3 is 5.11 Å². The van der Waals surface area contributed by atoms with E-state index in [-0.39, 0.29) is 5.82 Å². The van der Waals surface area contributed by atoms with Gasteiger partial charge in [0.15, 0.2) is 0 Å². The molecular weight excluding hydrogens is 251 g/mol. The quantitative estimate of drug-likeness (QED) is 0.886. The summed E-state index contributed by atoms with van der Waals surface area (Å²) in [6.45, 7) is 1.80. The summed E-state index contributed by atoms with van der Waals surface area (Å²) in [4.78, 5) is 0. The molecule has 1 N–H and O–H groups in total. The van der Waals surface area contributed by atoms with Gasteiger partial charge in [0.2, 0.25) is 0 Å². The van der Waals surface area contributed by atoms with E-state index in [1.54, 1.807) is 25.1 Å². The van der Waals surface area contributed by atoms with Crippen molar-refractivity contribution in [2.75, 3.05) is 0 Å². The highest BCUT2D eigenvalue weighted by atomic mass is 35.5. The van der Waals surface area contributed by atoms with Gasteiger partial charge in [-0.05, 0) is 47.9 Å². The minimum absolute atomic E-state index is 0.282. The molecule has 1 nitrogen and oxygen atoms in total. The molecule has 2 rings (SSSR count). The topological polar surface area (TPSA) is 20.2 Å². The van der Waals surface area contributed by atoms with E-state index in [1.807, 2.05) is 12.1 Å². The van der Waals surface area contributed by atoms with Gasteiger partial charge in [0.25, 0.3) is 0 Å². The summed E-state index contributed by atoms with van der Waals surface area (Å²) in [5.74, 6) is -0.282. The lowest BCUT2D eigenvalue weighted by Crippen LogP contribution is -2.04. The van der Waals surface area contributed by atoms with Crippen molar-refractivity contribution in [3.63, 3.8) is 0 Å². The van der Waals surface area contributed by atoms with Gasteiger partial charge in [-0.1, -0.05) is 29.8 Å². The van der Waals surface area contributed by atoms with E-state index in [1.165, 1.54) is 12.1 Å². The summed E-state index contributed by atoms with van der Waals surface area (Å²) < 4.78 is 13.0. The Morgan fingerprint density at radius 1 is 1.17 bits per heavy atom. The molecule has 0 aliphatic heterocycles. The van der Waals surface area contributed by atoms with Gasteiger partial charge in [-0.15, -0.1) is 0 Å². The Morgan fingerprint density at radius 3 is 2.44 bits per heavy atom. The fourth-order valence-corrected chi connectivity index (χ4v) is 2.09. The molecule has 1 unspecified atom stereocenters. The zero-order chi connectivity index (χ0) is 13.1. The van der Waals surface area contributed by atoms with Gasteiger partial charge in [-0.3, -0.25) is 0 Å². The average Bonchev–Trinajstić information content (AvgIpc) is 2.32. The summed E-state index contributed by atoms with van der Waals surface area (Å²) in [6.07, 6.45) is -0.143. The molecule has 1 atom stereocenters. The van der Waals surface area contributed by atoms with Crippen LogP contribution in [0.4, 0.5) is 4.39 Å². The van der Waals surface area contributed by atoms with Crippen molar-refractivity contribution in [1.29, 1.82) is 0 Å². The maximum atomic E-state index is 13.0. The second-order valence-electron chi connectivity index (χ2n) is 4.35. The zero-order valence-electron chi connectivity index (χ0n) is 10.0. The van der Waals surface area contributed by atoms with Crippen molar-refractivity contribution in [3.8, 4) is 0 Å². The molecule has 0 aliphatic rings. The molecule has 0 fully saturated rings. The Bertz CT molecular complexity index is 537. The fourth-order valence-electron chi connectivity index (χ4n) is 1.97. The monoisotopic (exact) mass is 264 g/mol. The van der Waals surface area contributed by atoms with Crippen molar-refractivity contribution in [3.05, 3.63) is 70.0 Å². The molecule has 0 saturated carbocycles. The lowest BCUT2D eigenvalue weighted by Gasteiger charge is -2.14. The number of aliphatic hydroxyl groups is 1. The number of rotatable bonds is 3. The zero-order valence-corrected chi connectivity index (χ0v) is 10.8. The molecule has 0 heterocycles. The molecule has 0 bridgehead atoms. The minimum atomic E-state index is -0.633. The van der Waals surface area contributed by atoms with E-state index in [2.05, 4.69) is 0 Å². The van der Waals surface area contributed by atoms with Crippen LogP contribution < -0.4 is 0 Å². The molecule has 0 aromatic heterocycles. The highest BCUT2D eigenvalue weighted by Crippen LogP contribution is 2.23. The number of benzene rings is 2. The van der Waals surface area contributed by atoms with Crippen LogP contribution in [-0.4, -0.2) is 5.11 Å². The van der Waals surface area contributed by atoms with Crippen LogP contribution in [-0.2, 0) is 6.42 Å². The Hall–Kier alpha value is -1.38. The highest BCUT2D eigenvalue weighted by molar-refractivity contribution is 6.30. The van der Waals surface area contributed by atoms with Gasteiger partial charge in [0.1, 0.15) is 5.82 Å². The summed E-state index contributed by atoms with van der Waals surface area (Å²) >= 11 is 5.80. The van der Waals surface area contributed by atoms with Gasteiger partial charge >= 0.3 is 0 Å². The van der Waals surface area contributed by atoms with Crippen LogP contribution in [0, 0.1) is 12.7 Å².